The van der Waals surface area contributed by atoms with Crippen LogP contribution in [0.25, 0.3) is 22.4 Å². The molecule has 0 radical (unpaired) electrons. The molecule has 0 aliphatic carbocycles. The number of fused-ring (bicyclic) bond motifs is 1. The third-order valence-electron chi connectivity index (χ3n) is 3.55. The van der Waals surface area contributed by atoms with E-state index < -0.39 is 0 Å². The molecule has 23 heavy (non-hydrogen) atoms. The first kappa shape index (κ1) is 15.7. The number of hydrogen-bond donors (Lipinski definition) is 2. The molecule has 0 aliphatic rings. The number of amides is 1. The summed E-state index contributed by atoms with van der Waals surface area (Å²) in [6, 6.07) is 13.5. The van der Waals surface area contributed by atoms with Gasteiger partial charge in [0.1, 0.15) is 5.82 Å². The monoisotopic (exact) mass is 371 g/mol. The largest absolute Gasteiger partial charge is 0.352 e. The highest BCUT2D eigenvalue weighted by Gasteiger charge is 2.12. The van der Waals surface area contributed by atoms with E-state index in [0.29, 0.717) is 18.0 Å². The fourth-order valence-corrected chi connectivity index (χ4v) is 2.89. The minimum atomic E-state index is -0.0597. The Hall–Kier alpha value is -2.14. The lowest BCUT2D eigenvalue weighted by Gasteiger charge is -2.09. The van der Waals surface area contributed by atoms with Gasteiger partial charge in [0.25, 0.3) is 5.91 Å². The zero-order valence-corrected chi connectivity index (χ0v) is 14.6. The van der Waals surface area contributed by atoms with Crippen LogP contribution in [-0.2, 0) is 0 Å². The van der Waals surface area contributed by atoms with Crippen LogP contribution in [0.4, 0.5) is 0 Å². The second-order valence-electron chi connectivity index (χ2n) is 5.90. The Labute approximate surface area is 143 Å². The van der Waals surface area contributed by atoms with Gasteiger partial charge in [0.05, 0.1) is 11.0 Å². The number of benzene rings is 2. The highest BCUT2D eigenvalue weighted by molar-refractivity contribution is 9.10. The number of H-pyrrole nitrogens is 1. The van der Waals surface area contributed by atoms with Gasteiger partial charge in [-0.25, -0.2) is 4.98 Å². The van der Waals surface area contributed by atoms with Crippen molar-refractivity contribution in [3.63, 3.8) is 0 Å². The van der Waals surface area contributed by atoms with Crippen LogP contribution in [0.3, 0.4) is 0 Å². The van der Waals surface area contributed by atoms with E-state index in [2.05, 4.69) is 45.1 Å². The molecule has 1 amide bonds. The minimum absolute atomic E-state index is 0.0597. The lowest BCUT2D eigenvalue weighted by atomic mass is 10.1. The maximum atomic E-state index is 12.1. The Morgan fingerprint density at radius 3 is 2.74 bits per heavy atom. The summed E-state index contributed by atoms with van der Waals surface area (Å²) in [7, 11) is 0. The van der Waals surface area contributed by atoms with Gasteiger partial charge >= 0.3 is 0 Å². The van der Waals surface area contributed by atoms with Crippen molar-refractivity contribution >= 4 is 32.9 Å². The van der Waals surface area contributed by atoms with Crippen molar-refractivity contribution in [1.82, 2.24) is 15.3 Å². The Morgan fingerprint density at radius 1 is 1.26 bits per heavy atom. The van der Waals surface area contributed by atoms with Crippen molar-refractivity contribution in [3.8, 4) is 11.4 Å². The molecule has 5 heteroatoms. The molecule has 0 atom stereocenters. The summed E-state index contributed by atoms with van der Waals surface area (Å²) >= 11 is 3.55. The number of imidazole rings is 1. The van der Waals surface area contributed by atoms with E-state index in [1.54, 1.807) is 0 Å². The number of carbonyl (C=O) groups excluding carboxylic acids is 1. The van der Waals surface area contributed by atoms with Gasteiger partial charge in [-0.1, -0.05) is 41.9 Å². The van der Waals surface area contributed by atoms with Gasteiger partial charge in [0, 0.05) is 22.1 Å². The van der Waals surface area contributed by atoms with E-state index in [4.69, 9.17) is 0 Å². The molecule has 0 saturated carbocycles. The Balaban J connectivity index is 1.88. The number of aromatic amines is 1. The van der Waals surface area contributed by atoms with Gasteiger partial charge in [-0.15, -0.1) is 0 Å². The van der Waals surface area contributed by atoms with Crippen LogP contribution in [-0.4, -0.2) is 22.4 Å². The molecule has 0 unspecified atom stereocenters. The zero-order valence-electron chi connectivity index (χ0n) is 13.1. The second kappa shape index (κ2) is 6.54. The highest BCUT2D eigenvalue weighted by atomic mass is 79.9. The molecule has 118 valence electrons. The molecular weight excluding hydrogens is 354 g/mol. The van der Waals surface area contributed by atoms with Crippen LogP contribution < -0.4 is 5.32 Å². The van der Waals surface area contributed by atoms with Crippen molar-refractivity contribution in [2.45, 2.75) is 13.8 Å². The van der Waals surface area contributed by atoms with Crippen LogP contribution in [0.5, 0.6) is 0 Å². The number of nitrogens with zero attached hydrogens (tertiary/aromatic N) is 1. The molecule has 1 heterocycles. The number of halogens is 1. The maximum absolute atomic E-state index is 12.1. The number of nitrogens with one attached hydrogen (secondary N) is 2. The zero-order chi connectivity index (χ0) is 16.4. The van der Waals surface area contributed by atoms with Crippen molar-refractivity contribution in [1.29, 1.82) is 0 Å². The molecule has 1 aromatic heterocycles. The Morgan fingerprint density at radius 2 is 2.04 bits per heavy atom. The Kier molecular flexibility index (Phi) is 4.48. The van der Waals surface area contributed by atoms with Gasteiger partial charge in [0.15, 0.2) is 0 Å². The molecule has 3 rings (SSSR count). The first-order valence-electron chi connectivity index (χ1n) is 7.57. The molecule has 0 aliphatic heterocycles. The van der Waals surface area contributed by atoms with Crippen LogP contribution >= 0.6 is 15.9 Å². The Bertz CT molecular complexity index is 821. The lowest BCUT2D eigenvalue weighted by Crippen LogP contribution is -2.27. The van der Waals surface area contributed by atoms with Gasteiger partial charge in [-0.2, -0.15) is 0 Å². The molecular formula is C18H18BrN3O. The second-order valence-corrected chi connectivity index (χ2v) is 6.76. The van der Waals surface area contributed by atoms with Crippen molar-refractivity contribution in [2.75, 3.05) is 6.54 Å². The van der Waals surface area contributed by atoms with Gasteiger partial charge in [0.2, 0.25) is 0 Å². The third kappa shape index (κ3) is 3.45. The normalized spacial score (nSPS) is 11.1. The molecule has 0 saturated heterocycles. The summed E-state index contributed by atoms with van der Waals surface area (Å²) < 4.78 is 0.841. The van der Waals surface area contributed by atoms with Crippen LogP contribution in [0.1, 0.15) is 24.2 Å². The maximum Gasteiger partial charge on any atom is 0.251 e. The van der Waals surface area contributed by atoms with Crippen LogP contribution in [0, 0.1) is 5.92 Å². The topological polar surface area (TPSA) is 57.8 Å². The van der Waals surface area contributed by atoms with Crippen molar-refractivity contribution in [3.05, 3.63) is 52.5 Å². The molecule has 3 aromatic rings. The van der Waals surface area contributed by atoms with E-state index in [1.165, 1.54) is 0 Å². The predicted octanol–water partition coefficient (Wildman–Crippen LogP) is 4.38. The summed E-state index contributed by atoms with van der Waals surface area (Å²) in [5.41, 5.74) is 3.49. The average Bonchev–Trinajstić information content (AvgIpc) is 2.96. The summed E-state index contributed by atoms with van der Waals surface area (Å²) in [5.74, 6) is 1.15. The molecule has 2 N–H and O–H groups in total. The van der Waals surface area contributed by atoms with Crippen molar-refractivity contribution in [2.24, 2.45) is 5.92 Å². The SMILES string of the molecule is CC(C)CNC(=O)c1ccc(-c2nc3ccccc3[nH]2)c(Br)c1. The first-order valence-corrected chi connectivity index (χ1v) is 8.37. The number of para-hydroxylation sites is 2. The van der Waals surface area contributed by atoms with Gasteiger partial charge in [-0.05, 0) is 36.2 Å². The smallest absolute Gasteiger partial charge is 0.251 e. The summed E-state index contributed by atoms with van der Waals surface area (Å²) in [4.78, 5) is 20.0. The molecule has 0 bridgehead atoms. The standard InChI is InChI=1S/C18H18BrN3O/c1-11(2)10-20-18(23)12-7-8-13(14(19)9-12)17-21-15-5-3-4-6-16(15)22-17/h3-9,11H,10H2,1-2H3,(H,20,23)(H,21,22). The number of hydrogen-bond acceptors (Lipinski definition) is 2. The quantitative estimate of drug-likeness (QED) is 0.714. The summed E-state index contributed by atoms with van der Waals surface area (Å²) in [6.45, 7) is 4.81. The fourth-order valence-electron chi connectivity index (χ4n) is 2.33. The van der Waals surface area contributed by atoms with Gasteiger partial charge < -0.3 is 10.3 Å². The number of aromatic nitrogens is 2. The number of carbonyl (C=O) groups is 1. The molecule has 4 nitrogen and oxygen atoms in total. The highest BCUT2D eigenvalue weighted by Crippen LogP contribution is 2.28. The molecule has 0 fully saturated rings. The minimum Gasteiger partial charge on any atom is -0.352 e. The summed E-state index contributed by atoms with van der Waals surface area (Å²) in [6.07, 6.45) is 0. The molecule has 2 aromatic carbocycles. The van der Waals surface area contributed by atoms with E-state index in [9.17, 15) is 4.79 Å². The van der Waals surface area contributed by atoms with E-state index in [-0.39, 0.29) is 5.91 Å². The number of rotatable bonds is 4. The fraction of sp³-hybridized carbons (Fsp3) is 0.222. The average molecular weight is 372 g/mol. The van der Waals surface area contributed by atoms with Crippen LogP contribution in [0.15, 0.2) is 46.9 Å². The van der Waals surface area contributed by atoms with E-state index >= 15 is 0 Å². The van der Waals surface area contributed by atoms with E-state index in [1.807, 2.05) is 42.5 Å². The predicted molar refractivity (Wildman–Crippen MR) is 96.4 cm³/mol. The lowest BCUT2D eigenvalue weighted by molar-refractivity contribution is 0.0949. The van der Waals surface area contributed by atoms with Gasteiger partial charge in [-0.3, -0.25) is 4.79 Å². The summed E-state index contributed by atoms with van der Waals surface area (Å²) in [5, 5.41) is 2.92. The molecule has 0 spiro atoms. The van der Waals surface area contributed by atoms with E-state index in [0.717, 1.165) is 26.9 Å². The third-order valence-corrected chi connectivity index (χ3v) is 4.20. The first-order chi connectivity index (χ1) is 11.0. The van der Waals surface area contributed by atoms with Crippen LogP contribution in [0.2, 0.25) is 0 Å². The van der Waals surface area contributed by atoms with Crippen molar-refractivity contribution < 1.29 is 4.79 Å².